The van der Waals surface area contributed by atoms with E-state index in [2.05, 4.69) is 22.1 Å². The molecule has 0 bridgehead atoms. The van der Waals surface area contributed by atoms with Gasteiger partial charge in [0.1, 0.15) is 11.9 Å². The molecule has 0 aliphatic rings. The van der Waals surface area contributed by atoms with Crippen LogP contribution < -0.4 is 0 Å². The summed E-state index contributed by atoms with van der Waals surface area (Å²) in [4.78, 5) is 7.52. The number of benzene rings is 2. The zero-order valence-electron chi connectivity index (χ0n) is 11.0. The molecular weight excluding hydrogens is 260 g/mol. The van der Waals surface area contributed by atoms with Crippen molar-refractivity contribution in [3.05, 3.63) is 65.9 Å². The lowest BCUT2D eigenvalue weighted by Crippen LogP contribution is -1.83. The van der Waals surface area contributed by atoms with E-state index in [1.54, 1.807) is 12.1 Å². The topological polar surface area (TPSA) is 76.3 Å². The third-order valence-electron chi connectivity index (χ3n) is 3.16. The van der Waals surface area contributed by atoms with Gasteiger partial charge in [-0.3, -0.25) is 0 Å². The normalized spacial score (nSPS) is 9.81. The fourth-order valence-corrected chi connectivity index (χ4v) is 2.11. The van der Waals surface area contributed by atoms with Crippen molar-refractivity contribution in [3.8, 4) is 34.8 Å². The van der Waals surface area contributed by atoms with Gasteiger partial charge in [0, 0.05) is 11.1 Å². The zero-order valence-corrected chi connectivity index (χ0v) is 11.0. The van der Waals surface area contributed by atoms with Crippen molar-refractivity contribution >= 4 is 0 Å². The zero-order chi connectivity index (χ0) is 14.7. The second-order valence-corrected chi connectivity index (χ2v) is 4.48. The van der Waals surface area contributed by atoms with Gasteiger partial charge in [-0.1, -0.05) is 42.5 Å². The predicted octanol–water partition coefficient (Wildman–Crippen LogP) is 3.49. The third-order valence-corrected chi connectivity index (χ3v) is 3.16. The largest absolute Gasteiger partial charge is 0.337 e. The first kappa shape index (κ1) is 12.7. The Morgan fingerprint density at radius 3 is 2.14 bits per heavy atom. The van der Waals surface area contributed by atoms with Crippen LogP contribution in [0.4, 0.5) is 0 Å². The number of aromatic nitrogens is 2. The summed E-state index contributed by atoms with van der Waals surface area (Å²) in [6, 6.07) is 20.9. The van der Waals surface area contributed by atoms with E-state index in [1.807, 2.05) is 42.5 Å². The van der Waals surface area contributed by atoms with Crippen LogP contribution in [0.1, 0.15) is 11.3 Å². The van der Waals surface area contributed by atoms with E-state index in [9.17, 15) is 5.26 Å². The van der Waals surface area contributed by atoms with Crippen LogP contribution in [-0.4, -0.2) is 9.97 Å². The molecule has 21 heavy (non-hydrogen) atoms. The first-order valence-corrected chi connectivity index (χ1v) is 6.38. The van der Waals surface area contributed by atoms with E-state index >= 15 is 0 Å². The van der Waals surface area contributed by atoms with E-state index in [4.69, 9.17) is 5.26 Å². The van der Waals surface area contributed by atoms with Crippen LogP contribution >= 0.6 is 0 Å². The summed E-state index contributed by atoms with van der Waals surface area (Å²) in [5, 5.41) is 18.1. The van der Waals surface area contributed by atoms with Crippen LogP contribution in [0.3, 0.4) is 0 Å². The summed E-state index contributed by atoms with van der Waals surface area (Å²) in [5.41, 5.74) is 3.36. The maximum absolute atomic E-state index is 9.26. The second-order valence-electron chi connectivity index (χ2n) is 4.48. The van der Waals surface area contributed by atoms with Crippen molar-refractivity contribution in [2.45, 2.75) is 0 Å². The van der Waals surface area contributed by atoms with Crippen molar-refractivity contribution in [3.63, 3.8) is 0 Å². The molecule has 3 aromatic rings. The van der Waals surface area contributed by atoms with Crippen molar-refractivity contribution in [2.75, 3.05) is 0 Å². The summed E-state index contributed by atoms with van der Waals surface area (Å²) in [6.45, 7) is 0. The lowest BCUT2D eigenvalue weighted by molar-refractivity contribution is 1.29. The molecule has 0 spiro atoms. The molecule has 0 radical (unpaired) electrons. The summed E-state index contributed by atoms with van der Waals surface area (Å²) in [6.07, 6.45) is 0. The molecule has 4 nitrogen and oxygen atoms in total. The van der Waals surface area contributed by atoms with Crippen molar-refractivity contribution in [1.29, 1.82) is 10.5 Å². The number of aromatic amines is 1. The Morgan fingerprint density at radius 1 is 0.810 bits per heavy atom. The summed E-state index contributed by atoms with van der Waals surface area (Å²) in [7, 11) is 0. The van der Waals surface area contributed by atoms with Crippen LogP contribution in [-0.2, 0) is 0 Å². The molecule has 4 heteroatoms. The number of nitrogens with zero attached hydrogens (tertiary/aromatic N) is 3. The molecule has 0 aliphatic carbocycles. The minimum absolute atomic E-state index is 0.346. The van der Waals surface area contributed by atoms with Gasteiger partial charge in [0.25, 0.3) is 0 Å². The van der Waals surface area contributed by atoms with Crippen LogP contribution in [0.15, 0.2) is 54.6 Å². The monoisotopic (exact) mass is 270 g/mol. The highest BCUT2D eigenvalue weighted by atomic mass is 14.9. The standard InChI is InChI=1S/C17H10N4/c18-10-12-6-8-13(9-7-12)16-15(11-19)20-17(21-16)14-4-2-1-3-5-14/h1-9H,(H,20,21). The summed E-state index contributed by atoms with van der Waals surface area (Å²) >= 11 is 0. The van der Waals surface area contributed by atoms with E-state index in [-0.39, 0.29) is 0 Å². The van der Waals surface area contributed by atoms with Crippen molar-refractivity contribution < 1.29 is 0 Å². The van der Waals surface area contributed by atoms with Gasteiger partial charge in [0.2, 0.25) is 0 Å². The highest BCUT2D eigenvalue weighted by Gasteiger charge is 2.12. The number of hydrogen-bond donors (Lipinski definition) is 1. The molecule has 0 amide bonds. The lowest BCUT2D eigenvalue weighted by Gasteiger charge is -1.98. The molecule has 0 saturated carbocycles. The third kappa shape index (κ3) is 2.39. The minimum Gasteiger partial charge on any atom is -0.337 e. The van der Waals surface area contributed by atoms with Crippen LogP contribution in [0, 0.1) is 22.7 Å². The van der Waals surface area contributed by atoms with Gasteiger partial charge < -0.3 is 4.98 Å². The first-order valence-electron chi connectivity index (χ1n) is 6.38. The summed E-state index contributed by atoms with van der Waals surface area (Å²) < 4.78 is 0. The van der Waals surface area contributed by atoms with E-state index in [0.29, 0.717) is 22.8 Å². The average Bonchev–Trinajstić information content (AvgIpc) is 3.00. The molecule has 98 valence electrons. The van der Waals surface area contributed by atoms with Crippen molar-refractivity contribution in [1.82, 2.24) is 9.97 Å². The highest BCUT2D eigenvalue weighted by Crippen LogP contribution is 2.25. The SMILES string of the molecule is N#Cc1ccc(-c2[nH]c(-c3ccccc3)nc2C#N)cc1. The highest BCUT2D eigenvalue weighted by molar-refractivity contribution is 5.70. The van der Waals surface area contributed by atoms with Crippen LogP contribution in [0.2, 0.25) is 0 Å². The fraction of sp³-hybridized carbons (Fsp3) is 0. The first-order chi connectivity index (χ1) is 10.3. The minimum atomic E-state index is 0.346. The molecule has 0 unspecified atom stereocenters. The maximum atomic E-state index is 9.26. The van der Waals surface area contributed by atoms with Gasteiger partial charge in [0.05, 0.1) is 17.3 Å². The van der Waals surface area contributed by atoms with Crippen molar-refractivity contribution in [2.24, 2.45) is 0 Å². The Balaban J connectivity index is 2.09. The van der Waals surface area contributed by atoms with E-state index < -0.39 is 0 Å². The summed E-state index contributed by atoms with van der Waals surface area (Å²) in [5.74, 6) is 0.659. The molecule has 1 aromatic heterocycles. The Kier molecular flexibility index (Phi) is 3.21. The van der Waals surface area contributed by atoms with Gasteiger partial charge in [-0.25, -0.2) is 4.98 Å². The Morgan fingerprint density at radius 2 is 1.52 bits per heavy atom. The van der Waals surface area contributed by atoms with Gasteiger partial charge >= 0.3 is 0 Å². The molecule has 3 rings (SSSR count). The molecule has 1 N–H and O–H groups in total. The number of rotatable bonds is 2. The second kappa shape index (κ2) is 5.32. The Labute approximate surface area is 121 Å². The average molecular weight is 270 g/mol. The quantitative estimate of drug-likeness (QED) is 0.774. The molecule has 0 saturated heterocycles. The van der Waals surface area contributed by atoms with Gasteiger partial charge in [-0.05, 0) is 12.1 Å². The lowest BCUT2D eigenvalue weighted by atomic mass is 10.1. The Hall–Kier alpha value is -3.37. The number of nitriles is 2. The number of nitrogens with one attached hydrogen (secondary N) is 1. The molecule has 0 atom stereocenters. The smallest absolute Gasteiger partial charge is 0.166 e. The molecule has 0 fully saturated rings. The van der Waals surface area contributed by atoms with Gasteiger partial charge in [0.15, 0.2) is 5.69 Å². The molecule has 1 heterocycles. The predicted molar refractivity (Wildman–Crippen MR) is 78.9 cm³/mol. The number of hydrogen-bond acceptors (Lipinski definition) is 3. The van der Waals surface area contributed by atoms with E-state index in [1.165, 1.54) is 0 Å². The van der Waals surface area contributed by atoms with Gasteiger partial charge in [-0.15, -0.1) is 0 Å². The van der Waals surface area contributed by atoms with Crippen LogP contribution in [0.25, 0.3) is 22.6 Å². The van der Waals surface area contributed by atoms with Gasteiger partial charge in [-0.2, -0.15) is 10.5 Å². The number of imidazole rings is 1. The number of H-pyrrole nitrogens is 1. The van der Waals surface area contributed by atoms with Crippen LogP contribution in [0.5, 0.6) is 0 Å². The maximum Gasteiger partial charge on any atom is 0.166 e. The molecule has 0 aliphatic heterocycles. The molecular formula is C17H10N4. The molecule has 2 aromatic carbocycles. The Bertz CT molecular complexity index is 847. The van der Waals surface area contributed by atoms with E-state index in [0.717, 1.165) is 11.1 Å². The fourth-order valence-electron chi connectivity index (χ4n) is 2.11.